The highest BCUT2D eigenvalue weighted by Crippen LogP contribution is 2.36. The molecule has 1 amide bonds. The summed E-state index contributed by atoms with van der Waals surface area (Å²) in [5.74, 6) is 0.254. The van der Waals surface area contributed by atoms with Gasteiger partial charge in [0.25, 0.3) is 5.91 Å². The maximum absolute atomic E-state index is 12.7. The molecule has 1 atom stereocenters. The van der Waals surface area contributed by atoms with Gasteiger partial charge in [-0.3, -0.25) is 4.79 Å². The molecule has 4 nitrogen and oxygen atoms in total. The number of furan rings is 1. The fourth-order valence-electron chi connectivity index (χ4n) is 2.87. The van der Waals surface area contributed by atoms with Crippen molar-refractivity contribution < 1.29 is 9.21 Å². The lowest BCUT2D eigenvalue weighted by Gasteiger charge is -2.41. The van der Waals surface area contributed by atoms with Crippen LogP contribution in [-0.2, 0) is 0 Å². The molecule has 2 heterocycles. The number of carbonyl (C=O) groups is 1. The van der Waals surface area contributed by atoms with Gasteiger partial charge in [0.15, 0.2) is 10.4 Å². The van der Waals surface area contributed by atoms with E-state index in [9.17, 15) is 4.79 Å². The van der Waals surface area contributed by atoms with E-state index in [2.05, 4.69) is 40.7 Å². The van der Waals surface area contributed by atoms with E-state index in [1.54, 1.807) is 17.0 Å². The molecule has 0 bridgehead atoms. The van der Waals surface area contributed by atoms with E-state index < -0.39 is 0 Å². The van der Waals surface area contributed by atoms with Crippen LogP contribution < -0.4 is 9.80 Å². The molecule has 0 saturated heterocycles. The Hall–Kier alpha value is -1.75. The Balaban J connectivity index is 2.02. The van der Waals surface area contributed by atoms with E-state index in [0.29, 0.717) is 17.0 Å². The number of amides is 1. The highest BCUT2D eigenvalue weighted by Gasteiger charge is 2.32. The SMILES string of the molecule is CCN1c2ccccc2N(C(=O)c2ccc(Br)o2)CC1C. The smallest absolute Gasteiger partial charge is 0.294 e. The van der Waals surface area contributed by atoms with Crippen LogP contribution in [0.5, 0.6) is 0 Å². The van der Waals surface area contributed by atoms with Crippen molar-refractivity contribution in [1.29, 1.82) is 0 Å². The average Bonchev–Trinajstić information content (AvgIpc) is 2.92. The summed E-state index contributed by atoms with van der Waals surface area (Å²) in [5, 5.41) is 0. The molecule has 0 spiro atoms. The second kappa shape index (κ2) is 5.56. The summed E-state index contributed by atoms with van der Waals surface area (Å²) < 4.78 is 5.98. The normalized spacial score (nSPS) is 17.8. The van der Waals surface area contributed by atoms with Crippen LogP contribution >= 0.6 is 15.9 Å². The number of hydrogen-bond acceptors (Lipinski definition) is 3. The van der Waals surface area contributed by atoms with E-state index in [1.807, 2.05) is 18.2 Å². The Kier molecular flexibility index (Phi) is 3.76. The van der Waals surface area contributed by atoms with Gasteiger partial charge in [0.1, 0.15) is 0 Å². The van der Waals surface area contributed by atoms with Crippen molar-refractivity contribution >= 4 is 33.2 Å². The van der Waals surface area contributed by atoms with Crippen LogP contribution in [0.3, 0.4) is 0 Å². The molecule has 21 heavy (non-hydrogen) atoms. The molecule has 0 saturated carbocycles. The summed E-state index contributed by atoms with van der Waals surface area (Å²) in [5.41, 5.74) is 2.03. The lowest BCUT2D eigenvalue weighted by Crippen LogP contribution is -2.49. The standard InChI is InChI=1S/C16H17BrN2O2/c1-3-18-11(2)10-19(13-7-5-4-6-12(13)18)16(20)14-8-9-15(17)21-14/h4-9,11H,3,10H2,1-2H3. The quantitative estimate of drug-likeness (QED) is 0.825. The molecule has 1 aromatic carbocycles. The Bertz CT molecular complexity index is 668. The summed E-state index contributed by atoms with van der Waals surface area (Å²) in [6.07, 6.45) is 0. The summed E-state index contributed by atoms with van der Waals surface area (Å²) >= 11 is 3.24. The molecular weight excluding hydrogens is 332 g/mol. The third-order valence-electron chi connectivity index (χ3n) is 3.83. The first-order valence-corrected chi connectivity index (χ1v) is 7.84. The van der Waals surface area contributed by atoms with E-state index in [4.69, 9.17) is 4.42 Å². The number of rotatable bonds is 2. The van der Waals surface area contributed by atoms with Crippen molar-refractivity contribution in [2.24, 2.45) is 0 Å². The molecule has 0 N–H and O–H groups in total. The fraction of sp³-hybridized carbons (Fsp3) is 0.312. The summed E-state index contributed by atoms with van der Waals surface area (Å²) in [7, 11) is 0. The largest absolute Gasteiger partial charge is 0.444 e. The lowest BCUT2D eigenvalue weighted by atomic mass is 10.1. The number of fused-ring (bicyclic) bond motifs is 1. The second-order valence-electron chi connectivity index (χ2n) is 5.14. The first-order valence-electron chi connectivity index (χ1n) is 7.04. The van der Waals surface area contributed by atoms with Gasteiger partial charge in [-0.05, 0) is 54.0 Å². The molecule has 2 aromatic rings. The third kappa shape index (κ3) is 2.46. The topological polar surface area (TPSA) is 36.7 Å². The van der Waals surface area contributed by atoms with Gasteiger partial charge in [0, 0.05) is 19.1 Å². The van der Waals surface area contributed by atoms with Gasteiger partial charge in [-0.2, -0.15) is 0 Å². The number of halogens is 1. The highest BCUT2D eigenvalue weighted by atomic mass is 79.9. The van der Waals surface area contributed by atoms with Gasteiger partial charge in [0.05, 0.1) is 11.4 Å². The van der Waals surface area contributed by atoms with Crippen LogP contribution in [0, 0.1) is 0 Å². The number of benzene rings is 1. The molecule has 3 rings (SSSR count). The van der Waals surface area contributed by atoms with Crippen LogP contribution in [0.4, 0.5) is 11.4 Å². The van der Waals surface area contributed by atoms with Gasteiger partial charge in [-0.15, -0.1) is 0 Å². The molecule has 0 aliphatic carbocycles. The van der Waals surface area contributed by atoms with E-state index in [0.717, 1.165) is 17.9 Å². The molecule has 0 fully saturated rings. The van der Waals surface area contributed by atoms with Crippen LogP contribution in [0.25, 0.3) is 0 Å². The lowest BCUT2D eigenvalue weighted by molar-refractivity contribution is 0.0956. The zero-order valence-electron chi connectivity index (χ0n) is 12.0. The minimum atomic E-state index is -0.101. The minimum absolute atomic E-state index is 0.101. The van der Waals surface area contributed by atoms with Crippen molar-refractivity contribution in [2.45, 2.75) is 19.9 Å². The van der Waals surface area contributed by atoms with E-state index in [-0.39, 0.29) is 11.9 Å². The van der Waals surface area contributed by atoms with Gasteiger partial charge in [0.2, 0.25) is 0 Å². The number of nitrogens with zero attached hydrogens (tertiary/aromatic N) is 2. The van der Waals surface area contributed by atoms with Crippen LogP contribution in [-0.4, -0.2) is 25.0 Å². The highest BCUT2D eigenvalue weighted by molar-refractivity contribution is 9.10. The third-order valence-corrected chi connectivity index (χ3v) is 4.26. The minimum Gasteiger partial charge on any atom is -0.444 e. The van der Waals surface area contributed by atoms with Gasteiger partial charge >= 0.3 is 0 Å². The van der Waals surface area contributed by atoms with Crippen LogP contribution in [0.1, 0.15) is 24.4 Å². The number of para-hydroxylation sites is 2. The van der Waals surface area contributed by atoms with Gasteiger partial charge in [-0.25, -0.2) is 0 Å². The maximum Gasteiger partial charge on any atom is 0.294 e. The van der Waals surface area contributed by atoms with Crippen molar-refractivity contribution in [1.82, 2.24) is 0 Å². The van der Waals surface area contributed by atoms with Gasteiger partial charge in [-0.1, -0.05) is 12.1 Å². The van der Waals surface area contributed by atoms with Crippen LogP contribution in [0.2, 0.25) is 0 Å². The van der Waals surface area contributed by atoms with Crippen molar-refractivity contribution in [3.63, 3.8) is 0 Å². The molecular formula is C16H17BrN2O2. The molecule has 5 heteroatoms. The maximum atomic E-state index is 12.7. The van der Waals surface area contributed by atoms with E-state index in [1.165, 1.54) is 0 Å². The van der Waals surface area contributed by atoms with Gasteiger partial charge < -0.3 is 14.2 Å². The second-order valence-corrected chi connectivity index (χ2v) is 5.92. The number of likely N-dealkylation sites (N-methyl/N-ethyl adjacent to an activating group) is 1. The number of carbonyl (C=O) groups excluding carboxylic acids is 1. The Labute approximate surface area is 132 Å². The average molecular weight is 349 g/mol. The molecule has 1 aliphatic rings. The number of anilines is 2. The van der Waals surface area contributed by atoms with Crippen molar-refractivity contribution in [2.75, 3.05) is 22.9 Å². The van der Waals surface area contributed by atoms with Crippen LogP contribution in [0.15, 0.2) is 45.5 Å². The van der Waals surface area contributed by atoms with E-state index >= 15 is 0 Å². The predicted octanol–water partition coefficient (Wildman–Crippen LogP) is 3.92. The zero-order valence-corrected chi connectivity index (χ0v) is 13.6. The van der Waals surface area contributed by atoms with Crippen molar-refractivity contribution in [3.05, 3.63) is 46.8 Å². The summed E-state index contributed by atoms with van der Waals surface area (Å²) in [4.78, 5) is 16.8. The predicted molar refractivity (Wildman–Crippen MR) is 87.0 cm³/mol. The Morgan fingerprint density at radius 2 is 2.00 bits per heavy atom. The fourth-order valence-corrected chi connectivity index (χ4v) is 3.18. The molecule has 1 aliphatic heterocycles. The monoisotopic (exact) mass is 348 g/mol. The summed E-state index contributed by atoms with van der Waals surface area (Å²) in [6, 6.07) is 11.7. The Morgan fingerprint density at radius 1 is 1.29 bits per heavy atom. The molecule has 110 valence electrons. The molecule has 1 unspecified atom stereocenters. The molecule has 1 aromatic heterocycles. The molecule has 0 radical (unpaired) electrons. The van der Waals surface area contributed by atoms with Crippen molar-refractivity contribution in [3.8, 4) is 0 Å². The first-order chi connectivity index (χ1) is 10.1. The number of hydrogen-bond donors (Lipinski definition) is 0. The first kappa shape index (κ1) is 14.2. The zero-order chi connectivity index (χ0) is 15.0. The summed E-state index contributed by atoms with van der Waals surface area (Å²) in [6.45, 7) is 5.85. The Morgan fingerprint density at radius 3 is 2.62 bits per heavy atom.